The van der Waals surface area contributed by atoms with Crippen LogP contribution in [0.4, 0.5) is 5.69 Å². The zero-order valence-corrected chi connectivity index (χ0v) is 12.4. The molecule has 0 bridgehead atoms. The summed E-state index contributed by atoms with van der Waals surface area (Å²) >= 11 is 5.37. The fraction of sp³-hybridized carbons (Fsp3) is 0.308. The number of nitrogens with zero attached hydrogens (tertiary/aromatic N) is 1. The maximum Gasteiger partial charge on any atom is 0.0925 e. The van der Waals surface area contributed by atoms with Crippen LogP contribution in [-0.2, 0) is 13.0 Å². The first-order valence-electron chi connectivity index (χ1n) is 5.63. The molecule has 1 aromatic carbocycles. The summed E-state index contributed by atoms with van der Waals surface area (Å²) in [5.41, 5.74) is 2.38. The molecule has 0 unspecified atom stereocenters. The van der Waals surface area contributed by atoms with E-state index in [9.17, 15) is 0 Å². The van der Waals surface area contributed by atoms with Crippen molar-refractivity contribution in [3.63, 3.8) is 0 Å². The summed E-state index contributed by atoms with van der Waals surface area (Å²) in [6, 6.07) is 6.24. The number of hydrogen-bond donors (Lipinski definition) is 1. The molecule has 0 saturated heterocycles. The predicted octanol–water partition coefficient (Wildman–Crippen LogP) is 4.39. The highest BCUT2D eigenvalue weighted by molar-refractivity contribution is 9.10. The van der Waals surface area contributed by atoms with Crippen LogP contribution < -0.4 is 5.32 Å². The van der Waals surface area contributed by atoms with Crippen LogP contribution in [0, 0.1) is 6.92 Å². The van der Waals surface area contributed by atoms with E-state index in [2.05, 4.69) is 58.3 Å². The van der Waals surface area contributed by atoms with Gasteiger partial charge in [-0.15, -0.1) is 11.3 Å². The molecule has 0 amide bonds. The highest BCUT2D eigenvalue weighted by atomic mass is 79.9. The number of benzene rings is 1. The first kappa shape index (κ1) is 12.6. The van der Waals surface area contributed by atoms with Crippen LogP contribution in [0.25, 0.3) is 0 Å². The van der Waals surface area contributed by atoms with Gasteiger partial charge in [0.05, 0.1) is 11.6 Å². The number of rotatable bonds is 4. The standard InChI is InChI=1S/C13H15BrN2S/c1-3-12-16-8-10(17-12)7-15-11-6-4-5-9(2)13(11)14/h4-6,8,15H,3,7H2,1-2H3. The zero-order valence-electron chi connectivity index (χ0n) is 9.96. The zero-order chi connectivity index (χ0) is 12.3. The third-order valence-electron chi connectivity index (χ3n) is 2.55. The Bertz CT molecular complexity index is 508. The van der Waals surface area contributed by atoms with Gasteiger partial charge in [0, 0.05) is 21.2 Å². The second-order valence-corrected chi connectivity index (χ2v) is 5.86. The monoisotopic (exact) mass is 310 g/mol. The molecule has 0 radical (unpaired) electrons. The van der Waals surface area contributed by atoms with Crippen molar-refractivity contribution < 1.29 is 0 Å². The Hall–Kier alpha value is -0.870. The average Bonchev–Trinajstić information content (AvgIpc) is 2.79. The van der Waals surface area contributed by atoms with Crippen molar-refractivity contribution in [3.8, 4) is 0 Å². The maximum absolute atomic E-state index is 4.35. The van der Waals surface area contributed by atoms with Crippen LogP contribution >= 0.6 is 27.3 Å². The van der Waals surface area contributed by atoms with E-state index in [1.807, 2.05) is 6.20 Å². The van der Waals surface area contributed by atoms with Gasteiger partial charge in [-0.25, -0.2) is 4.98 Å². The average molecular weight is 311 g/mol. The Labute approximate surface area is 114 Å². The fourth-order valence-corrected chi connectivity index (χ4v) is 2.77. The molecule has 4 heteroatoms. The van der Waals surface area contributed by atoms with Gasteiger partial charge in [0.1, 0.15) is 0 Å². The van der Waals surface area contributed by atoms with E-state index in [0.717, 1.165) is 23.1 Å². The van der Waals surface area contributed by atoms with E-state index in [4.69, 9.17) is 0 Å². The van der Waals surface area contributed by atoms with E-state index in [-0.39, 0.29) is 0 Å². The molecule has 1 N–H and O–H groups in total. The molecule has 17 heavy (non-hydrogen) atoms. The summed E-state index contributed by atoms with van der Waals surface area (Å²) < 4.78 is 1.14. The molecular weight excluding hydrogens is 296 g/mol. The van der Waals surface area contributed by atoms with Crippen LogP contribution in [0.1, 0.15) is 22.4 Å². The molecule has 0 atom stereocenters. The Balaban J connectivity index is 2.04. The van der Waals surface area contributed by atoms with E-state index in [0.29, 0.717) is 0 Å². The molecule has 1 heterocycles. The molecule has 2 rings (SSSR count). The minimum absolute atomic E-state index is 0.833. The van der Waals surface area contributed by atoms with Crippen molar-refractivity contribution in [3.05, 3.63) is 44.3 Å². The van der Waals surface area contributed by atoms with Gasteiger partial charge in [-0.2, -0.15) is 0 Å². The molecule has 0 spiro atoms. The third-order valence-corrected chi connectivity index (χ3v) is 4.74. The topological polar surface area (TPSA) is 24.9 Å². The summed E-state index contributed by atoms with van der Waals surface area (Å²) in [5.74, 6) is 0. The van der Waals surface area contributed by atoms with Gasteiger partial charge >= 0.3 is 0 Å². The van der Waals surface area contributed by atoms with Gasteiger partial charge in [-0.1, -0.05) is 19.1 Å². The Morgan fingerprint density at radius 2 is 2.24 bits per heavy atom. The lowest BCUT2D eigenvalue weighted by molar-refractivity contribution is 1.09. The molecule has 0 fully saturated rings. The van der Waals surface area contributed by atoms with Crippen LogP contribution in [0.15, 0.2) is 28.9 Å². The predicted molar refractivity (Wildman–Crippen MR) is 77.7 cm³/mol. The number of aryl methyl sites for hydroxylation is 2. The van der Waals surface area contributed by atoms with Crippen LogP contribution in [0.3, 0.4) is 0 Å². The van der Waals surface area contributed by atoms with E-state index in [1.165, 1.54) is 15.4 Å². The highest BCUT2D eigenvalue weighted by Crippen LogP contribution is 2.26. The molecule has 0 aliphatic heterocycles. The van der Waals surface area contributed by atoms with Gasteiger partial charge < -0.3 is 5.32 Å². The molecule has 0 aliphatic carbocycles. The molecular formula is C13H15BrN2S. The summed E-state index contributed by atoms with van der Waals surface area (Å²) in [5, 5.41) is 4.63. The third kappa shape index (κ3) is 3.07. The van der Waals surface area contributed by atoms with Crippen LogP contribution in [0.5, 0.6) is 0 Å². The molecule has 0 aliphatic rings. The quantitative estimate of drug-likeness (QED) is 0.906. The van der Waals surface area contributed by atoms with Gasteiger partial charge in [0.2, 0.25) is 0 Å². The van der Waals surface area contributed by atoms with Crippen LogP contribution in [-0.4, -0.2) is 4.98 Å². The number of nitrogens with one attached hydrogen (secondary N) is 1. The Kier molecular flexibility index (Phi) is 4.18. The summed E-state index contributed by atoms with van der Waals surface area (Å²) in [4.78, 5) is 5.63. The minimum atomic E-state index is 0.833. The second-order valence-electron chi connectivity index (χ2n) is 3.86. The van der Waals surface area contributed by atoms with Gasteiger partial charge in [0.25, 0.3) is 0 Å². The normalized spacial score (nSPS) is 10.5. The largest absolute Gasteiger partial charge is 0.379 e. The lowest BCUT2D eigenvalue weighted by Crippen LogP contribution is -1.98. The van der Waals surface area contributed by atoms with Gasteiger partial charge in [-0.05, 0) is 40.9 Å². The van der Waals surface area contributed by atoms with Crippen molar-refractivity contribution in [2.24, 2.45) is 0 Å². The van der Waals surface area contributed by atoms with Gasteiger partial charge in [-0.3, -0.25) is 0 Å². The SMILES string of the molecule is CCc1ncc(CNc2cccc(C)c2Br)s1. The number of halogens is 1. The highest BCUT2D eigenvalue weighted by Gasteiger charge is 2.03. The Morgan fingerprint density at radius 1 is 1.41 bits per heavy atom. The van der Waals surface area contributed by atoms with Crippen molar-refractivity contribution in [1.82, 2.24) is 4.98 Å². The maximum atomic E-state index is 4.35. The molecule has 2 aromatic rings. The van der Waals surface area contributed by atoms with Crippen molar-refractivity contribution in [2.45, 2.75) is 26.8 Å². The smallest absolute Gasteiger partial charge is 0.0925 e. The first-order chi connectivity index (χ1) is 8.20. The molecule has 0 saturated carbocycles. The Morgan fingerprint density at radius 3 is 2.94 bits per heavy atom. The molecule has 2 nitrogen and oxygen atoms in total. The number of anilines is 1. The lowest BCUT2D eigenvalue weighted by Gasteiger charge is -2.08. The van der Waals surface area contributed by atoms with Gasteiger partial charge in [0.15, 0.2) is 0 Å². The number of thiazole rings is 1. The van der Waals surface area contributed by atoms with Crippen molar-refractivity contribution in [2.75, 3.05) is 5.32 Å². The lowest BCUT2D eigenvalue weighted by atomic mass is 10.2. The number of aromatic nitrogens is 1. The minimum Gasteiger partial charge on any atom is -0.379 e. The molecule has 1 aromatic heterocycles. The summed E-state index contributed by atoms with van der Waals surface area (Å²) in [7, 11) is 0. The second kappa shape index (κ2) is 5.65. The molecule has 90 valence electrons. The summed E-state index contributed by atoms with van der Waals surface area (Å²) in [6.45, 7) is 5.06. The van der Waals surface area contributed by atoms with Crippen molar-refractivity contribution >= 4 is 33.0 Å². The van der Waals surface area contributed by atoms with Crippen LogP contribution in [0.2, 0.25) is 0 Å². The number of hydrogen-bond acceptors (Lipinski definition) is 3. The fourth-order valence-electron chi connectivity index (χ4n) is 1.56. The van der Waals surface area contributed by atoms with E-state index >= 15 is 0 Å². The van der Waals surface area contributed by atoms with E-state index < -0.39 is 0 Å². The summed E-state index contributed by atoms with van der Waals surface area (Å²) in [6.07, 6.45) is 2.97. The first-order valence-corrected chi connectivity index (χ1v) is 7.24. The van der Waals surface area contributed by atoms with E-state index in [1.54, 1.807) is 11.3 Å². The van der Waals surface area contributed by atoms with Crippen molar-refractivity contribution in [1.29, 1.82) is 0 Å².